The average Bonchev–Trinajstić information content (AvgIpc) is 3.23. The Morgan fingerprint density at radius 3 is 1.75 bits per heavy atom. The number of likely N-dealkylation sites (tertiary alicyclic amines) is 1. The summed E-state index contributed by atoms with van der Waals surface area (Å²) in [6.07, 6.45) is 3.91. The molecule has 0 aromatic heterocycles. The van der Waals surface area contributed by atoms with Gasteiger partial charge in [0.1, 0.15) is 0 Å². The third-order valence-corrected chi connectivity index (χ3v) is 4.33. The van der Waals surface area contributed by atoms with Crippen LogP contribution in [0.2, 0.25) is 0 Å². The van der Waals surface area contributed by atoms with E-state index < -0.39 is 11.9 Å². The minimum absolute atomic E-state index is 0.986. The molecule has 0 atom stereocenters. The van der Waals surface area contributed by atoms with Crippen molar-refractivity contribution in [1.82, 2.24) is 10.3 Å². The second-order valence-electron chi connectivity index (χ2n) is 6.43. The van der Waals surface area contributed by atoms with Crippen molar-refractivity contribution in [3.63, 3.8) is 0 Å². The van der Waals surface area contributed by atoms with Crippen LogP contribution in [0.5, 0.6) is 0 Å². The molecule has 1 fully saturated rings. The zero-order chi connectivity index (χ0) is 20.2. The van der Waals surface area contributed by atoms with E-state index >= 15 is 0 Å². The lowest BCUT2D eigenvalue weighted by atomic mass is 10.2. The summed E-state index contributed by atoms with van der Waals surface area (Å²) in [6, 6.07) is 21.0. The molecule has 0 bridgehead atoms. The Balaban J connectivity index is 0.000000409. The van der Waals surface area contributed by atoms with Gasteiger partial charge in [-0.3, -0.25) is 5.01 Å². The number of aliphatic carboxylic acids is 2. The number of hydrogen-bond acceptors (Lipinski definition) is 5. The second kappa shape index (κ2) is 11.7. The summed E-state index contributed by atoms with van der Waals surface area (Å²) in [5.41, 5.74) is 5.93. The van der Waals surface area contributed by atoms with Crippen LogP contribution < -0.4 is 10.4 Å². The normalized spacial score (nSPS) is 13.4. The molecule has 0 radical (unpaired) electrons. The highest BCUT2D eigenvalue weighted by Gasteiger charge is 2.11. The van der Waals surface area contributed by atoms with Gasteiger partial charge in [0.15, 0.2) is 0 Å². The highest BCUT2D eigenvalue weighted by atomic mass is 16.4. The van der Waals surface area contributed by atoms with Gasteiger partial charge in [-0.2, -0.15) is 0 Å². The van der Waals surface area contributed by atoms with E-state index in [0.29, 0.717) is 0 Å². The quantitative estimate of drug-likeness (QED) is 0.383. The number of carboxylic acid groups (broad SMARTS) is 2. The highest BCUT2D eigenvalue weighted by molar-refractivity contribution is 6.27. The topological polar surface area (TPSA) is 93.1 Å². The maximum Gasteiger partial charge on any atom is 0.414 e. The van der Waals surface area contributed by atoms with Gasteiger partial charge >= 0.3 is 11.9 Å². The fraction of sp³-hybridized carbons (Fsp3) is 0.333. The van der Waals surface area contributed by atoms with Crippen molar-refractivity contribution in [2.45, 2.75) is 19.3 Å². The Kier molecular flexibility index (Phi) is 8.97. The lowest BCUT2D eigenvalue weighted by Gasteiger charge is -2.26. The van der Waals surface area contributed by atoms with Crippen LogP contribution in [-0.2, 0) is 9.59 Å². The van der Waals surface area contributed by atoms with Gasteiger partial charge in [-0.1, -0.05) is 36.4 Å². The van der Waals surface area contributed by atoms with Crippen molar-refractivity contribution in [1.29, 1.82) is 0 Å². The monoisotopic (exact) mass is 385 g/mol. The number of hydrazine groups is 1. The van der Waals surface area contributed by atoms with E-state index in [1.807, 2.05) is 0 Å². The summed E-state index contributed by atoms with van der Waals surface area (Å²) in [5, 5.41) is 17.0. The Bertz CT molecular complexity index is 667. The molecule has 150 valence electrons. The van der Waals surface area contributed by atoms with Crippen molar-refractivity contribution in [3.05, 3.63) is 60.7 Å². The van der Waals surface area contributed by atoms with Crippen molar-refractivity contribution < 1.29 is 19.8 Å². The summed E-state index contributed by atoms with van der Waals surface area (Å²) >= 11 is 0. The molecular formula is C21H27N3O4. The number of nitrogens with one attached hydrogen (secondary N) is 1. The average molecular weight is 385 g/mol. The first-order valence-corrected chi connectivity index (χ1v) is 9.40. The molecule has 28 heavy (non-hydrogen) atoms. The molecule has 1 aliphatic rings. The van der Waals surface area contributed by atoms with E-state index in [1.54, 1.807) is 0 Å². The summed E-state index contributed by atoms with van der Waals surface area (Å²) in [6.45, 7) is 4.74. The smallest absolute Gasteiger partial charge is 0.414 e. The van der Waals surface area contributed by atoms with Gasteiger partial charge < -0.3 is 15.1 Å². The number of nitrogens with zero attached hydrogens (tertiary/aromatic N) is 2. The molecule has 1 saturated heterocycles. The number of anilines is 2. The molecule has 1 heterocycles. The number of carboxylic acids is 2. The predicted octanol–water partition coefficient (Wildman–Crippen LogP) is 2.97. The van der Waals surface area contributed by atoms with Crippen molar-refractivity contribution in [2.75, 3.05) is 31.2 Å². The summed E-state index contributed by atoms with van der Waals surface area (Å²) in [5.74, 6) is -3.65. The van der Waals surface area contributed by atoms with Gasteiger partial charge in [-0.05, 0) is 63.2 Å². The molecule has 3 rings (SSSR count). The lowest BCUT2D eigenvalue weighted by Crippen LogP contribution is -2.36. The third kappa shape index (κ3) is 7.38. The maximum atomic E-state index is 9.10. The third-order valence-electron chi connectivity index (χ3n) is 4.33. The van der Waals surface area contributed by atoms with Crippen LogP contribution in [0.25, 0.3) is 0 Å². The van der Waals surface area contributed by atoms with Gasteiger partial charge in [0.25, 0.3) is 0 Å². The fourth-order valence-corrected chi connectivity index (χ4v) is 2.99. The molecular weight excluding hydrogens is 358 g/mol. The molecule has 3 N–H and O–H groups in total. The Morgan fingerprint density at radius 1 is 0.857 bits per heavy atom. The van der Waals surface area contributed by atoms with Crippen LogP contribution in [0.4, 0.5) is 11.4 Å². The zero-order valence-electron chi connectivity index (χ0n) is 15.8. The molecule has 0 aliphatic carbocycles. The molecule has 0 spiro atoms. The van der Waals surface area contributed by atoms with Crippen LogP contribution in [0.15, 0.2) is 60.7 Å². The minimum atomic E-state index is -1.82. The van der Waals surface area contributed by atoms with Gasteiger partial charge in [0.2, 0.25) is 0 Å². The van der Waals surface area contributed by atoms with Gasteiger partial charge in [-0.25, -0.2) is 15.0 Å². The van der Waals surface area contributed by atoms with E-state index in [0.717, 1.165) is 6.54 Å². The molecule has 0 unspecified atom stereocenters. The molecule has 7 heteroatoms. The van der Waals surface area contributed by atoms with E-state index in [2.05, 4.69) is 76.0 Å². The number of carbonyl (C=O) groups is 2. The van der Waals surface area contributed by atoms with Crippen LogP contribution in [-0.4, -0.2) is 53.2 Å². The lowest BCUT2D eigenvalue weighted by molar-refractivity contribution is -0.159. The van der Waals surface area contributed by atoms with Crippen molar-refractivity contribution in [3.8, 4) is 0 Å². The Morgan fingerprint density at radius 2 is 1.32 bits per heavy atom. The van der Waals surface area contributed by atoms with E-state index in [9.17, 15) is 0 Å². The molecule has 1 aliphatic heterocycles. The molecule has 2 aromatic rings. The number of rotatable bonds is 7. The van der Waals surface area contributed by atoms with Gasteiger partial charge in [0, 0.05) is 6.54 Å². The first-order valence-electron chi connectivity index (χ1n) is 9.40. The van der Waals surface area contributed by atoms with E-state index in [1.165, 1.54) is 50.3 Å². The van der Waals surface area contributed by atoms with Crippen LogP contribution in [0, 0.1) is 0 Å². The van der Waals surface area contributed by atoms with Crippen molar-refractivity contribution in [2.24, 2.45) is 0 Å². The van der Waals surface area contributed by atoms with Crippen molar-refractivity contribution >= 4 is 23.3 Å². The van der Waals surface area contributed by atoms with Gasteiger partial charge in [-0.15, -0.1) is 0 Å². The zero-order valence-corrected chi connectivity index (χ0v) is 15.8. The standard InChI is InChI=1S/C19H25N3.C2H2O4/c1-3-10-18(11-4-1)22(19-12-5-2-6-13-19)20-14-9-17-21-15-7-8-16-21;3-1(4)2(5)6/h1-6,10-13,20H,7-9,14-17H2;(H,3,4)(H,5,6). The minimum Gasteiger partial charge on any atom is -0.473 e. The fourth-order valence-electron chi connectivity index (χ4n) is 2.99. The maximum absolute atomic E-state index is 9.10. The number of benzene rings is 2. The molecule has 0 amide bonds. The highest BCUT2D eigenvalue weighted by Crippen LogP contribution is 2.22. The largest absolute Gasteiger partial charge is 0.473 e. The SMILES string of the molecule is O=C(O)C(=O)O.c1ccc(N(NCCCN2CCCC2)c2ccccc2)cc1. The van der Waals surface area contributed by atoms with Crippen LogP contribution >= 0.6 is 0 Å². The first kappa shape index (κ1) is 21.4. The molecule has 2 aromatic carbocycles. The first-order chi connectivity index (χ1) is 13.6. The van der Waals surface area contributed by atoms with Gasteiger partial charge in [0.05, 0.1) is 11.4 Å². The number of hydrogen-bond donors (Lipinski definition) is 3. The van der Waals surface area contributed by atoms with Crippen LogP contribution in [0.3, 0.4) is 0 Å². The summed E-state index contributed by atoms with van der Waals surface area (Å²) in [4.78, 5) is 20.8. The number of para-hydroxylation sites is 2. The summed E-state index contributed by atoms with van der Waals surface area (Å²) in [7, 11) is 0. The molecule has 0 saturated carbocycles. The summed E-state index contributed by atoms with van der Waals surface area (Å²) < 4.78 is 0. The van der Waals surface area contributed by atoms with E-state index in [4.69, 9.17) is 19.8 Å². The second-order valence-corrected chi connectivity index (χ2v) is 6.43. The molecule has 7 nitrogen and oxygen atoms in total. The van der Waals surface area contributed by atoms with Crippen LogP contribution in [0.1, 0.15) is 19.3 Å². The predicted molar refractivity (Wildman–Crippen MR) is 109 cm³/mol. The Labute approximate surface area is 165 Å². The Hall–Kier alpha value is -2.90. The van der Waals surface area contributed by atoms with E-state index in [-0.39, 0.29) is 0 Å².